The number of methoxy groups -OCH3 is 1. The molecule has 0 saturated heterocycles. The van der Waals surface area contributed by atoms with Crippen LogP contribution in [0.15, 0.2) is 53.8 Å². The van der Waals surface area contributed by atoms with Crippen molar-refractivity contribution < 1.29 is 9.53 Å². The molecule has 126 valence electrons. The number of para-hydroxylation sites is 1. The number of hydrogen-bond donors (Lipinski definition) is 0. The lowest BCUT2D eigenvalue weighted by Crippen LogP contribution is -2.29. The third-order valence-corrected chi connectivity index (χ3v) is 5.14. The first-order valence-electron chi connectivity index (χ1n) is 7.70. The van der Waals surface area contributed by atoms with Crippen molar-refractivity contribution in [1.82, 2.24) is 9.55 Å². The minimum Gasteiger partial charge on any atom is -0.468 e. The Kier molecular flexibility index (Phi) is 4.51. The Balaban J connectivity index is 2.15. The van der Waals surface area contributed by atoms with Gasteiger partial charge in [-0.1, -0.05) is 18.2 Å². The van der Waals surface area contributed by atoms with E-state index in [-0.39, 0.29) is 5.97 Å². The number of carbonyl (C=O) groups excluding carboxylic acids is 1. The first-order valence-corrected chi connectivity index (χ1v) is 8.51. The average molecular weight is 351 g/mol. The topological polar surface area (TPSA) is 67.9 Å². The van der Waals surface area contributed by atoms with Crippen LogP contribution in [0.5, 0.6) is 0 Å². The first-order chi connectivity index (χ1) is 12.0. The molecule has 5 nitrogen and oxygen atoms in total. The summed E-state index contributed by atoms with van der Waals surface area (Å²) >= 11 is 1.41. The monoisotopic (exact) mass is 351 g/mol. The van der Waals surface area contributed by atoms with Gasteiger partial charge in [0, 0.05) is 22.7 Å². The summed E-state index contributed by atoms with van der Waals surface area (Å²) in [5, 5.41) is 10.3. The highest BCUT2D eigenvalue weighted by Gasteiger charge is 2.31. The van der Waals surface area contributed by atoms with E-state index in [1.54, 1.807) is 18.6 Å². The predicted octanol–water partition coefficient (Wildman–Crippen LogP) is 3.94. The van der Waals surface area contributed by atoms with Gasteiger partial charge in [0.15, 0.2) is 0 Å². The number of benzene rings is 1. The van der Waals surface area contributed by atoms with E-state index in [0.717, 1.165) is 21.5 Å². The standard InChI is InChI=1S/C19H17N3O2S/c1-19(2,18(23)24-3)25-17-8-9-21-11-16(17)22-12-13(10-20)14-6-4-5-7-15(14)22/h4-9,11-12H,1-3H3. The zero-order valence-corrected chi connectivity index (χ0v) is 15.0. The van der Waals surface area contributed by atoms with Crippen LogP contribution in [0.25, 0.3) is 16.6 Å². The van der Waals surface area contributed by atoms with Gasteiger partial charge in [0.1, 0.15) is 10.8 Å². The van der Waals surface area contributed by atoms with Gasteiger partial charge in [-0.05, 0) is 26.0 Å². The van der Waals surface area contributed by atoms with Crippen molar-refractivity contribution in [1.29, 1.82) is 5.26 Å². The maximum absolute atomic E-state index is 12.0. The number of nitrogens with zero attached hydrogens (tertiary/aromatic N) is 3. The Labute approximate surface area is 150 Å². The molecule has 3 rings (SSSR count). The quantitative estimate of drug-likeness (QED) is 0.526. The van der Waals surface area contributed by atoms with Crippen LogP contribution in [-0.4, -0.2) is 27.4 Å². The maximum Gasteiger partial charge on any atom is 0.321 e. The van der Waals surface area contributed by atoms with Crippen LogP contribution in [0.3, 0.4) is 0 Å². The number of esters is 1. The largest absolute Gasteiger partial charge is 0.468 e. The molecule has 0 atom stereocenters. The number of nitriles is 1. The second-order valence-electron chi connectivity index (χ2n) is 5.99. The lowest BCUT2D eigenvalue weighted by Gasteiger charge is -2.22. The highest BCUT2D eigenvalue weighted by Crippen LogP contribution is 2.38. The number of fused-ring (bicyclic) bond motifs is 1. The summed E-state index contributed by atoms with van der Waals surface area (Å²) in [6.45, 7) is 3.64. The molecule has 25 heavy (non-hydrogen) atoms. The number of aromatic nitrogens is 2. The third-order valence-electron chi connectivity index (χ3n) is 3.90. The highest BCUT2D eigenvalue weighted by molar-refractivity contribution is 8.01. The Bertz CT molecular complexity index is 986. The SMILES string of the molecule is COC(=O)C(C)(C)Sc1ccncc1-n1cc(C#N)c2ccccc21. The number of carbonyl (C=O) groups is 1. The van der Waals surface area contributed by atoms with Crippen LogP contribution in [0.1, 0.15) is 19.4 Å². The van der Waals surface area contributed by atoms with Gasteiger partial charge in [-0.2, -0.15) is 5.26 Å². The fourth-order valence-corrected chi connectivity index (χ4v) is 3.77. The smallest absolute Gasteiger partial charge is 0.321 e. The number of ether oxygens (including phenoxy) is 1. The van der Waals surface area contributed by atoms with Gasteiger partial charge in [0.25, 0.3) is 0 Å². The van der Waals surface area contributed by atoms with Crippen molar-refractivity contribution in [3.05, 3.63) is 54.5 Å². The second kappa shape index (κ2) is 6.61. The van der Waals surface area contributed by atoms with E-state index in [9.17, 15) is 10.1 Å². The number of hydrogen-bond acceptors (Lipinski definition) is 5. The van der Waals surface area contributed by atoms with Crippen molar-refractivity contribution in [3.8, 4) is 11.8 Å². The summed E-state index contributed by atoms with van der Waals surface area (Å²) in [6, 6.07) is 11.8. The number of rotatable bonds is 4. The zero-order chi connectivity index (χ0) is 18.0. The van der Waals surface area contributed by atoms with Gasteiger partial charge in [0.05, 0.1) is 30.1 Å². The molecule has 0 amide bonds. The summed E-state index contributed by atoms with van der Waals surface area (Å²) < 4.78 is 6.10. The van der Waals surface area contributed by atoms with Crippen molar-refractivity contribution in [2.45, 2.75) is 23.5 Å². The van der Waals surface area contributed by atoms with Crippen molar-refractivity contribution in [2.24, 2.45) is 0 Å². The van der Waals surface area contributed by atoms with Crippen molar-refractivity contribution in [2.75, 3.05) is 7.11 Å². The Morgan fingerprint density at radius 1 is 1.32 bits per heavy atom. The summed E-state index contributed by atoms with van der Waals surface area (Å²) in [5.41, 5.74) is 2.34. The van der Waals surface area contributed by atoms with Gasteiger partial charge in [-0.3, -0.25) is 9.78 Å². The molecule has 1 aromatic carbocycles. The van der Waals surface area contributed by atoms with Crippen LogP contribution >= 0.6 is 11.8 Å². The molecular weight excluding hydrogens is 334 g/mol. The molecule has 0 aliphatic heterocycles. The fraction of sp³-hybridized carbons (Fsp3) is 0.211. The molecule has 2 aromatic heterocycles. The highest BCUT2D eigenvalue weighted by atomic mass is 32.2. The summed E-state index contributed by atoms with van der Waals surface area (Å²) in [6.07, 6.45) is 5.23. The van der Waals surface area contributed by atoms with Crippen LogP contribution in [0, 0.1) is 11.3 Å². The Morgan fingerprint density at radius 3 is 2.80 bits per heavy atom. The van der Waals surface area contributed by atoms with Gasteiger partial charge in [0.2, 0.25) is 0 Å². The van der Waals surface area contributed by atoms with Crippen molar-refractivity contribution >= 4 is 28.6 Å². The average Bonchev–Trinajstić information content (AvgIpc) is 3.00. The van der Waals surface area contributed by atoms with Crippen molar-refractivity contribution in [3.63, 3.8) is 0 Å². The summed E-state index contributed by atoms with van der Waals surface area (Å²) in [4.78, 5) is 17.2. The number of pyridine rings is 1. The molecule has 0 aliphatic rings. The molecule has 0 spiro atoms. The molecule has 0 bridgehead atoms. The van der Waals surface area contributed by atoms with Crippen LogP contribution in [0.4, 0.5) is 0 Å². The molecule has 2 heterocycles. The lowest BCUT2D eigenvalue weighted by atomic mass is 10.2. The first kappa shape index (κ1) is 17.1. The molecule has 0 N–H and O–H groups in total. The van der Waals surface area contributed by atoms with E-state index in [1.165, 1.54) is 18.9 Å². The van der Waals surface area contributed by atoms with Crippen LogP contribution < -0.4 is 0 Å². The molecule has 0 fully saturated rings. The predicted molar refractivity (Wildman–Crippen MR) is 97.7 cm³/mol. The Morgan fingerprint density at radius 2 is 2.08 bits per heavy atom. The van der Waals surface area contributed by atoms with Gasteiger partial charge in [-0.15, -0.1) is 11.8 Å². The molecule has 0 saturated carbocycles. The number of thioether (sulfide) groups is 1. The van der Waals surface area contributed by atoms with E-state index in [1.807, 2.05) is 48.7 Å². The molecular formula is C19H17N3O2S. The molecule has 6 heteroatoms. The minimum atomic E-state index is -0.744. The van der Waals surface area contributed by atoms with E-state index in [0.29, 0.717) is 5.56 Å². The maximum atomic E-state index is 12.0. The fourth-order valence-electron chi connectivity index (χ4n) is 2.67. The second-order valence-corrected chi connectivity index (χ2v) is 7.65. The molecule has 3 aromatic rings. The van der Waals surface area contributed by atoms with Gasteiger partial charge >= 0.3 is 5.97 Å². The van der Waals surface area contributed by atoms with Gasteiger partial charge < -0.3 is 9.30 Å². The lowest BCUT2D eigenvalue weighted by molar-refractivity contribution is -0.142. The Hall–Kier alpha value is -2.78. The van der Waals surface area contributed by atoms with Crippen LogP contribution in [-0.2, 0) is 9.53 Å². The van der Waals surface area contributed by atoms with E-state index < -0.39 is 4.75 Å². The van der Waals surface area contributed by atoms with Crippen LogP contribution in [0.2, 0.25) is 0 Å². The van der Waals surface area contributed by atoms with E-state index in [4.69, 9.17) is 4.74 Å². The summed E-state index contributed by atoms with van der Waals surface area (Å²) in [5.74, 6) is -0.296. The molecule has 0 unspecified atom stereocenters. The molecule has 0 radical (unpaired) electrons. The minimum absolute atomic E-state index is 0.296. The normalized spacial score (nSPS) is 11.3. The third kappa shape index (κ3) is 3.11. The summed E-state index contributed by atoms with van der Waals surface area (Å²) in [7, 11) is 1.39. The molecule has 0 aliphatic carbocycles. The van der Waals surface area contributed by atoms with E-state index >= 15 is 0 Å². The van der Waals surface area contributed by atoms with E-state index in [2.05, 4.69) is 11.1 Å². The van der Waals surface area contributed by atoms with Gasteiger partial charge in [-0.25, -0.2) is 0 Å². The zero-order valence-electron chi connectivity index (χ0n) is 14.2.